The molecule has 0 fully saturated rings. The van der Waals surface area contributed by atoms with E-state index < -0.39 is 0 Å². The summed E-state index contributed by atoms with van der Waals surface area (Å²) in [5.74, 6) is 0. The zero-order valence-corrected chi connectivity index (χ0v) is 10.0. The molecule has 0 saturated carbocycles. The molecule has 84 valence electrons. The first-order valence-corrected chi connectivity index (χ1v) is 6.25. The number of aromatic amines is 1. The highest BCUT2D eigenvalue weighted by Crippen LogP contribution is 2.20. The van der Waals surface area contributed by atoms with Gasteiger partial charge in [0.05, 0.1) is 0 Å². The lowest BCUT2D eigenvalue weighted by molar-refractivity contribution is 1.21. The minimum absolute atomic E-state index is 0.134. The lowest BCUT2D eigenvalue weighted by atomic mass is 10.1. The molecular weight excluding hydrogens is 232 g/mol. The van der Waals surface area contributed by atoms with Crippen molar-refractivity contribution < 1.29 is 0 Å². The fraction of sp³-hybridized carbons (Fsp3) is 0.0769. The van der Waals surface area contributed by atoms with Crippen LogP contribution in [0, 0.1) is 11.3 Å². The van der Waals surface area contributed by atoms with Crippen molar-refractivity contribution >= 4 is 11.8 Å². The zero-order chi connectivity index (χ0) is 12.3. The SMILES string of the molecule is CSc1ccc(-c2ccc(C#N)c(=O)[nH]2)cc1. The monoisotopic (exact) mass is 242 g/mol. The molecule has 0 saturated heterocycles. The largest absolute Gasteiger partial charge is 0.321 e. The molecule has 0 aliphatic heterocycles. The van der Waals surface area contributed by atoms with Crippen LogP contribution in [0.25, 0.3) is 11.3 Å². The van der Waals surface area contributed by atoms with Gasteiger partial charge in [-0.3, -0.25) is 4.79 Å². The van der Waals surface area contributed by atoms with E-state index >= 15 is 0 Å². The summed E-state index contributed by atoms with van der Waals surface area (Å²) in [4.78, 5) is 15.4. The van der Waals surface area contributed by atoms with Crippen molar-refractivity contribution in [3.05, 3.63) is 52.3 Å². The number of nitrogens with one attached hydrogen (secondary N) is 1. The van der Waals surface area contributed by atoms with Gasteiger partial charge in [0.2, 0.25) is 0 Å². The van der Waals surface area contributed by atoms with Gasteiger partial charge in [0.25, 0.3) is 5.56 Å². The summed E-state index contributed by atoms with van der Waals surface area (Å²) in [5, 5.41) is 8.68. The molecule has 1 N–H and O–H groups in total. The second-order valence-electron chi connectivity index (χ2n) is 3.46. The Morgan fingerprint density at radius 1 is 1.18 bits per heavy atom. The van der Waals surface area contributed by atoms with E-state index in [2.05, 4.69) is 4.98 Å². The van der Waals surface area contributed by atoms with E-state index in [9.17, 15) is 4.79 Å². The molecule has 0 amide bonds. The van der Waals surface area contributed by atoms with Gasteiger partial charge in [-0.15, -0.1) is 11.8 Å². The summed E-state index contributed by atoms with van der Waals surface area (Å²) in [7, 11) is 0. The minimum atomic E-state index is -0.348. The number of thioether (sulfide) groups is 1. The van der Waals surface area contributed by atoms with Gasteiger partial charge in [-0.05, 0) is 36.1 Å². The zero-order valence-electron chi connectivity index (χ0n) is 9.23. The number of nitrogens with zero attached hydrogens (tertiary/aromatic N) is 1. The molecule has 0 unspecified atom stereocenters. The highest BCUT2D eigenvalue weighted by molar-refractivity contribution is 7.98. The smallest absolute Gasteiger partial charge is 0.266 e. The number of hydrogen-bond donors (Lipinski definition) is 1. The van der Waals surface area contributed by atoms with E-state index in [0.717, 1.165) is 11.3 Å². The third kappa shape index (κ3) is 2.40. The summed E-state index contributed by atoms with van der Waals surface area (Å²) in [6.45, 7) is 0. The number of rotatable bonds is 2. The fourth-order valence-corrected chi connectivity index (χ4v) is 1.91. The topological polar surface area (TPSA) is 56.6 Å². The molecule has 1 heterocycles. The first-order chi connectivity index (χ1) is 8.24. The molecule has 0 aliphatic carbocycles. The molecule has 1 aromatic heterocycles. The molecule has 17 heavy (non-hydrogen) atoms. The molecule has 0 aliphatic rings. The average molecular weight is 242 g/mol. The molecule has 0 bridgehead atoms. The van der Waals surface area contributed by atoms with Gasteiger partial charge in [0, 0.05) is 10.6 Å². The standard InChI is InChI=1S/C13H10N2OS/c1-17-11-5-2-9(3-6-11)12-7-4-10(8-14)13(16)15-12/h2-7H,1H3,(H,15,16). The predicted molar refractivity (Wildman–Crippen MR) is 69.0 cm³/mol. The van der Waals surface area contributed by atoms with E-state index in [1.165, 1.54) is 11.0 Å². The summed E-state index contributed by atoms with van der Waals surface area (Å²) in [6, 6.07) is 13.0. The first-order valence-electron chi connectivity index (χ1n) is 5.02. The molecule has 0 atom stereocenters. The van der Waals surface area contributed by atoms with E-state index in [0.29, 0.717) is 0 Å². The normalized spacial score (nSPS) is 9.88. The fourth-order valence-electron chi connectivity index (χ4n) is 1.50. The maximum absolute atomic E-state index is 11.5. The van der Waals surface area contributed by atoms with Gasteiger partial charge >= 0.3 is 0 Å². The van der Waals surface area contributed by atoms with Gasteiger partial charge in [0.15, 0.2) is 0 Å². The summed E-state index contributed by atoms with van der Waals surface area (Å²) in [6.07, 6.45) is 2.01. The Bertz CT molecular complexity index is 623. The summed E-state index contributed by atoms with van der Waals surface area (Å²) >= 11 is 1.67. The second kappa shape index (κ2) is 4.89. The van der Waals surface area contributed by atoms with Crippen molar-refractivity contribution in [1.82, 2.24) is 4.98 Å². The van der Waals surface area contributed by atoms with Gasteiger partial charge in [-0.25, -0.2) is 0 Å². The molecule has 1 aromatic carbocycles. The second-order valence-corrected chi connectivity index (χ2v) is 4.33. The number of pyridine rings is 1. The lowest BCUT2D eigenvalue weighted by Crippen LogP contribution is -2.09. The van der Waals surface area contributed by atoms with Crippen LogP contribution in [0.3, 0.4) is 0 Å². The number of H-pyrrole nitrogens is 1. The molecule has 0 spiro atoms. The molecular formula is C13H10N2OS. The Morgan fingerprint density at radius 2 is 1.88 bits per heavy atom. The first kappa shape index (κ1) is 11.5. The Hall–Kier alpha value is -1.99. The number of nitriles is 1. The van der Waals surface area contributed by atoms with Gasteiger partial charge in [-0.1, -0.05) is 12.1 Å². The van der Waals surface area contributed by atoms with Crippen LogP contribution in [0.4, 0.5) is 0 Å². The van der Waals surface area contributed by atoms with E-state index in [-0.39, 0.29) is 11.1 Å². The van der Waals surface area contributed by atoms with Gasteiger partial charge in [0.1, 0.15) is 11.6 Å². The predicted octanol–water partition coefficient (Wildman–Crippen LogP) is 2.64. The Labute approximate surface area is 103 Å². The summed E-state index contributed by atoms with van der Waals surface area (Å²) in [5.41, 5.74) is 1.44. The molecule has 2 aromatic rings. The van der Waals surface area contributed by atoms with Crippen LogP contribution in [0.15, 0.2) is 46.1 Å². The third-order valence-corrected chi connectivity index (χ3v) is 3.17. The molecule has 3 nitrogen and oxygen atoms in total. The van der Waals surface area contributed by atoms with Crippen LogP contribution in [0.2, 0.25) is 0 Å². The van der Waals surface area contributed by atoms with Gasteiger partial charge < -0.3 is 4.98 Å². The number of hydrogen-bond acceptors (Lipinski definition) is 3. The number of aromatic nitrogens is 1. The molecule has 4 heteroatoms. The Kier molecular flexibility index (Phi) is 3.31. The van der Waals surface area contributed by atoms with Crippen molar-refractivity contribution in [2.24, 2.45) is 0 Å². The van der Waals surface area contributed by atoms with E-state index in [1.54, 1.807) is 17.8 Å². The minimum Gasteiger partial charge on any atom is -0.321 e. The van der Waals surface area contributed by atoms with Crippen LogP contribution in [-0.4, -0.2) is 11.2 Å². The van der Waals surface area contributed by atoms with E-state index in [1.807, 2.05) is 36.6 Å². The lowest BCUT2D eigenvalue weighted by Gasteiger charge is -2.02. The van der Waals surface area contributed by atoms with Crippen molar-refractivity contribution in [2.45, 2.75) is 4.90 Å². The third-order valence-electron chi connectivity index (χ3n) is 2.43. The van der Waals surface area contributed by atoms with Crippen LogP contribution >= 0.6 is 11.8 Å². The molecule has 2 rings (SSSR count). The van der Waals surface area contributed by atoms with Crippen molar-refractivity contribution in [1.29, 1.82) is 5.26 Å². The maximum Gasteiger partial charge on any atom is 0.266 e. The van der Waals surface area contributed by atoms with Crippen LogP contribution in [0.1, 0.15) is 5.56 Å². The van der Waals surface area contributed by atoms with Crippen LogP contribution < -0.4 is 5.56 Å². The van der Waals surface area contributed by atoms with Crippen molar-refractivity contribution in [3.63, 3.8) is 0 Å². The summed E-state index contributed by atoms with van der Waals surface area (Å²) < 4.78 is 0. The van der Waals surface area contributed by atoms with Crippen LogP contribution in [0.5, 0.6) is 0 Å². The highest BCUT2D eigenvalue weighted by atomic mass is 32.2. The average Bonchev–Trinajstić information content (AvgIpc) is 2.39. The maximum atomic E-state index is 11.5. The van der Waals surface area contributed by atoms with Crippen molar-refractivity contribution in [3.8, 4) is 17.3 Å². The van der Waals surface area contributed by atoms with Gasteiger partial charge in [-0.2, -0.15) is 5.26 Å². The molecule has 0 radical (unpaired) electrons. The van der Waals surface area contributed by atoms with E-state index in [4.69, 9.17) is 5.26 Å². The highest BCUT2D eigenvalue weighted by Gasteiger charge is 2.02. The van der Waals surface area contributed by atoms with Crippen LogP contribution in [-0.2, 0) is 0 Å². The number of benzene rings is 1. The Morgan fingerprint density at radius 3 is 2.41 bits per heavy atom. The Balaban J connectivity index is 2.43. The van der Waals surface area contributed by atoms with Crippen molar-refractivity contribution in [2.75, 3.05) is 6.26 Å². The quantitative estimate of drug-likeness (QED) is 0.824.